The van der Waals surface area contributed by atoms with Gasteiger partial charge < -0.3 is 19.7 Å². The number of ether oxygens (including phenoxy) is 2. The molecule has 4 nitrogen and oxygen atoms in total. The number of likely N-dealkylation sites (N-methyl/N-ethyl adjacent to an activating group) is 1. The van der Waals surface area contributed by atoms with Crippen LogP contribution in [0.15, 0.2) is 36.4 Å². The Morgan fingerprint density at radius 1 is 1.04 bits per heavy atom. The lowest BCUT2D eigenvalue weighted by Gasteiger charge is -2.14. The molecule has 0 saturated carbocycles. The van der Waals surface area contributed by atoms with Gasteiger partial charge in [-0.2, -0.15) is 0 Å². The molecule has 2 rings (SSSR count). The van der Waals surface area contributed by atoms with Crippen LogP contribution in [-0.2, 0) is 13.2 Å². The van der Waals surface area contributed by atoms with Gasteiger partial charge in [-0.1, -0.05) is 35.3 Å². The number of nitrogens with one attached hydrogen (secondary N) is 1. The van der Waals surface area contributed by atoms with Gasteiger partial charge >= 0.3 is 0 Å². The summed E-state index contributed by atoms with van der Waals surface area (Å²) in [5.41, 5.74) is 1.90. The van der Waals surface area contributed by atoms with E-state index in [1.165, 1.54) is 0 Å². The Bertz CT molecular complexity index is 673. The summed E-state index contributed by atoms with van der Waals surface area (Å²) in [6.45, 7) is 2.99. The van der Waals surface area contributed by atoms with E-state index in [2.05, 4.69) is 24.3 Å². The standard InChI is InChI=1S/C19H24Cl2N2O2/c1-23(2)10-9-22-12-14-7-8-18(19(11-14)24-3)25-13-15-16(20)5-4-6-17(15)21/h4-8,11,22H,9-10,12-13H2,1-3H3. The number of rotatable bonds is 9. The molecule has 6 heteroatoms. The minimum atomic E-state index is 0.287. The van der Waals surface area contributed by atoms with Crippen molar-refractivity contribution in [3.05, 3.63) is 57.6 Å². The summed E-state index contributed by atoms with van der Waals surface area (Å²) >= 11 is 12.4. The highest BCUT2D eigenvalue weighted by molar-refractivity contribution is 6.35. The van der Waals surface area contributed by atoms with Gasteiger partial charge in [0.1, 0.15) is 6.61 Å². The number of methoxy groups -OCH3 is 1. The highest BCUT2D eigenvalue weighted by Crippen LogP contribution is 2.31. The van der Waals surface area contributed by atoms with Crippen LogP contribution in [0.2, 0.25) is 10.0 Å². The highest BCUT2D eigenvalue weighted by atomic mass is 35.5. The Labute approximate surface area is 159 Å². The summed E-state index contributed by atoms with van der Waals surface area (Å²) in [6, 6.07) is 11.3. The molecule has 0 saturated heterocycles. The summed E-state index contributed by atoms with van der Waals surface area (Å²) in [5.74, 6) is 1.35. The van der Waals surface area contributed by atoms with E-state index in [9.17, 15) is 0 Å². The Morgan fingerprint density at radius 3 is 2.40 bits per heavy atom. The minimum absolute atomic E-state index is 0.287. The van der Waals surface area contributed by atoms with E-state index in [1.807, 2.05) is 24.3 Å². The molecule has 0 aliphatic carbocycles. The molecule has 0 spiro atoms. The van der Waals surface area contributed by atoms with Crippen molar-refractivity contribution in [1.29, 1.82) is 0 Å². The second-order valence-corrected chi connectivity index (χ2v) is 6.77. The number of nitrogens with zero attached hydrogens (tertiary/aromatic N) is 1. The second kappa shape index (κ2) is 9.88. The molecule has 25 heavy (non-hydrogen) atoms. The summed E-state index contributed by atoms with van der Waals surface area (Å²) in [7, 11) is 5.75. The van der Waals surface area contributed by atoms with Crippen molar-refractivity contribution in [1.82, 2.24) is 10.2 Å². The van der Waals surface area contributed by atoms with Gasteiger partial charge in [-0.3, -0.25) is 0 Å². The molecular formula is C19H24Cl2N2O2. The fourth-order valence-electron chi connectivity index (χ4n) is 2.30. The molecule has 0 radical (unpaired) electrons. The smallest absolute Gasteiger partial charge is 0.161 e. The predicted molar refractivity (Wildman–Crippen MR) is 104 cm³/mol. The maximum Gasteiger partial charge on any atom is 0.161 e. The van der Waals surface area contributed by atoms with Crippen molar-refractivity contribution in [2.45, 2.75) is 13.2 Å². The summed E-state index contributed by atoms with van der Waals surface area (Å²) in [4.78, 5) is 2.14. The van der Waals surface area contributed by atoms with Gasteiger partial charge in [-0.25, -0.2) is 0 Å². The molecule has 2 aromatic rings. The van der Waals surface area contributed by atoms with Crippen molar-refractivity contribution in [3.8, 4) is 11.5 Å². The maximum atomic E-state index is 6.18. The van der Waals surface area contributed by atoms with Gasteiger partial charge in [-0.05, 0) is 43.9 Å². The zero-order valence-electron chi connectivity index (χ0n) is 14.8. The van der Waals surface area contributed by atoms with Gasteiger partial charge in [-0.15, -0.1) is 0 Å². The van der Waals surface area contributed by atoms with Crippen LogP contribution in [0.3, 0.4) is 0 Å². The fourth-order valence-corrected chi connectivity index (χ4v) is 2.80. The highest BCUT2D eigenvalue weighted by Gasteiger charge is 2.10. The van der Waals surface area contributed by atoms with Crippen LogP contribution in [0.4, 0.5) is 0 Å². The number of hydrogen-bond donors (Lipinski definition) is 1. The van der Waals surface area contributed by atoms with Crippen molar-refractivity contribution in [2.75, 3.05) is 34.3 Å². The van der Waals surface area contributed by atoms with Crippen LogP contribution in [0.1, 0.15) is 11.1 Å². The molecule has 0 aliphatic rings. The van der Waals surface area contributed by atoms with Crippen LogP contribution in [-0.4, -0.2) is 39.2 Å². The average molecular weight is 383 g/mol. The number of hydrogen-bond acceptors (Lipinski definition) is 4. The summed E-state index contributed by atoms with van der Waals surface area (Å²) in [5, 5.41) is 4.59. The third-order valence-corrected chi connectivity index (χ3v) is 4.43. The van der Waals surface area contributed by atoms with Gasteiger partial charge in [0.05, 0.1) is 7.11 Å². The zero-order valence-corrected chi connectivity index (χ0v) is 16.3. The molecule has 0 bridgehead atoms. The first-order valence-electron chi connectivity index (χ1n) is 8.09. The van der Waals surface area contributed by atoms with Gasteiger partial charge in [0.2, 0.25) is 0 Å². The van der Waals surface area contributed by atoms with Crippen LogP contribution < -0.4 is 14.8 Å². The van der Waals surface area contributed by atoms with Crippen molar-refractivity contribution < 1.29 is 9.47 Å². The monoisotopic (exact) mass is 382 g/mol. The molecule has 0 amide bonds. The molecule has 0 unspecified atom stereocenters. The molecule has 0 fully saturated rings. The fraction of sp³-hybridized carbons (Fsp3) is 0.368. The first-order chi connectivity index (χ1) is 12.0. The Kier molecular flexibility index (Phi) is 7.85. The maximum absolute atomic E-state index is 6.18. The Morgan fingerprint density at radius 2 is 1.76 bits per heavy atom. The van der Waals surface area contributed by atoms with E-state index in [-0.39, 0.29) is 6.61 Å². The normalized spacial score (nSPS) is 11.0. The van der Waals surface area contributed by atoms with E-state index < -0.39 is 0 Å². The van der Waals surface area contributed by atoms with Crippen molar-refractivity contribution in [2.24, 2.45) is 0 Å². The van der Waals surface area contributed by atoms with E-state index >= 15 is 0 Å². The molecule has 0 aromatic heterocycles. The second-order valence-electron chi connectivity index (χ2n) is 5.95. The van der Waals surface area contributed by atoms with Gasteiger partial charge in [0, 0.05) is 35.2 Å². The Balaban J connectivity index is 1.99. The van der Waals surface area contributed by atoms with E-state index in [0.717, 1.165) is 30.8 Å². The van der Waals surface area contributed by atoms with E-state index in [1.54, 1.807) is 19.2 Å². The summed E-state index contributed by atoms with van der Waals surface area (Å²) < 4.78 is 11.3. The number of halogens is 2. The first-order valence-corrected chi connectivity index (χ1v) is 8.85. The first kappa shape index (κ1) is 19.9. The van der Waals surface area contributed by atoms with Crippen LogP contribution in [0.25, 0.3) is 0 Å². The largest absolute Gasteiger partial charge is 0.493 e. The Hall–Kier alpha value is -1.46. The van der Waals surface area contributed by atoms with E-state index in [4.69, 9.17) is 32.7 Å². The van der Waals surface area contributed by atoms with Gasteiger partial charge in [0.25, 0.3) is 0 Å². The van der Waals surface area contributed by atoms with Crippen LogP contribution in [0.5, 0.6) is 11.5 Å². The van der Waals surface area contributed by atoms with Crippen molar-refractivity contribution in [3.63, 3.8) is 0 Å². The van der Waals surface area contributed by atoms with Crippen LogP contribution in [0, 0.1) is 0 Å². The number of benzene rings is 2. The van der Waals surface area contributed by atoms with Crippen LogP contribution >= 0.6 is 23.2 Å². The lowest BCUT2D eigenvalue weighted by atomic mass is 10.2. The molecule has 0 aliphatic heterocycles. The molecule has 136 valence electrons. The topological polar surface area (TPSA) is 33.7 Å². The molecule has 0 atom stereocenters. The quantitative estimate of drug-likeness (QED) is 0.657. The minimum Gasteiger partial charge on any atom is -0.493 e. The molecule has 0 heterocycles. The SMILES string of the molecule is COc1cc(CNCCN(C)C)ccc1OCc1c(Cl)cccc1Cl. The predicted octanol–water partition coefficient (Wildman–Crippen LogP) is 4.23. The third kappa shape index (κ3) is 6.08. The van der Waals surface area contributed by atoms with Gasteiger partial charge in [0.15, 0.2) is 11.5 Å². The molecule has 1 N–H and O–H groups in total. The van der Waals surface area contributed by atoms with Crippen molar-refractivity contribution >= 4 is 23.2 Å². The third-order valence-electron chi connectivity index (χ3n) is 3.73. The van der Waals surface area contributed by atoms with E-state index in [0.29, 0.717) is 21.5 Å². The summed E-state index contributed by atoms with van der Waals surface area (Å²) in [6.07, 6.45) is 0. The molecular weight excluding hydrogens is 359 g/mol. The molecule has 2 aromatic carbocycles. The lowest BCUT2D eigenvalue weighted by molar-refractivity contribution is 0.284. The zero-order chi connectivity index (χ0) is 18.2. The lowest BCUT2D eigenvalue weighted by Crippen LogP contribution is -2.26. The average Bonchev–Trinajstić information content (AvgIpc) is 2.58.